The van der Waals surface area contributed by atoms with Gasteiger partial charge in [0, 0.05) is 28.4 Å². The van der Waals surface area contributed by atoms with Crippen molar-refractivity contribution in [2.45, 2.75) is 33.6 Å². The lowest BCUT2D eigenvalue weighted by atomic mass is 10.0. The van der Waals surface area contributed by atoms with Crippen molar-refractivity contribution in [3.05, 3.63) is 64.3 Å². The number of hydrogen-bond acceptors (Lipinski definition) is 5. The summed E-state index contributed by atoms with van der Waals surface area (Å²) in [6, 6.07) is 10.4. The summed E-state index contributed by atoms with van der Waals surface area (Å²) in [5.41, 5.74) is 8.81. The van der Waals surface area contributed by atoms with E-state index in [9.17, 15) is 0 Å². The van der Waals surface area contributed by atoms with Crippen LogP contribution in [0.5, 0.6) is 0 Å². The maximum absolute atomic E-state index is 4.81. The summed E-state index contributed by atoms with van der Waals surface area (Å²) in [4.78, 5) is 10.2. The molecule has 1 aromatic carbocycles. The van der Waals surface area contributed by atoms with Gasteiger partial charge in [-0.05, 0) is 38.0 Å². The van der Waals surface area contributed by atoms with Crippen LogP contribution in [0.15, 0.2) is 47.8 Å². The van der Waals surface area contributed by atoms with Gasteiger partial charge in [0.2, 0.25) is 5.13 Å². The van der Waals surface area contributed by atoms with Gasteiger partial charge in [0.15, 0.2) is 0 Å². The smallest absolute Gasteiger partial charge is 0.204 e. The maximum Gasteiger partial charge on any atom is 0.204 e. The minimum Gasteiger partial charge on any atom is -0.264 e. The van der Waals surface area contributed by atoms with Gasteiger partial charge < -0.3 is 0 Å². The third kappa shape index (κ3) is 4.31. The molecule has 4 nitrogen and oxygen atoms in total. The van der Waals surface area contributed by atoms with Crippen molar-refractivity contribution in [1.29, 1.82) is 0 Å². The topological polar surface area (TPSA) is 50.2 Å². The number of nitrogens with zero attached hydrogens (tertiary/aromatic N) is 3. The van der Waals surface area contributed by atoms with Crippen LogP contribution in [-0.4, -0.2) is 16.2 Å². The molecule has 2 aromatic heterocycles. The zero-order chi connectivity index (χ0) is 17.6. The van der Waals surface area contributed by atoms with Crippen LogP contribution < -0.4 is 5.43 Å². The Hall–Kier alpha value is -2.53. The second-order valence-electron chi connectivity index (χ2n) is 6.02. The first-order valence-electron chi connectivity index (χ1n) is 8.44. The lowest BCUT2D eigenvalue weighted by Crippen LogP contribution is -1.92. The Morgan fingerprint density at radius 3 is 2.88 bits per heavy atom. The summed E-state index contributed by atoms with van der Waals surface area (Å²) in [6.45, 7) is 6.45. The zero-order valence-electron chi connectivity index (χ0n) is 14.8. The first-order valence-corrected chi connectivity index (χ1v) is 9.25. The van der Waals surface area contributed by atoms with E-state index in [0.717, 1.165) is 29.2 Å². The first kappa shape index (κ1) is 17.3. The molecule has 0 fully saturated rings. The molecule has 0 aliphatic rings. The van der Waals surface area contributed by atoms with Crippen LogP contribution in [0.3, 0.4) is 0 Å². The van der Waals surface area contributed by atoms with E-state index < -0.39 is 0 Å². The van der Waals surface area contributed by atoms with Crippen molar-refractivity contribution in [3.63, 3.8) is 0 Å². The molecule has 0 aliphatic carbocycles. The van der Waals surface area contributed by atoms with Crippen molar-refractivity contribution in [1.82, 2.24) is 9.97 Å². The number of pyridine rings is 1. The van der Waals surface area contributed by atoms with Crippen LogP contribution >= 0.6 is 11.3 Å². The third-order valence-corrected chi connectivity index (χ3v) is 4.90. The highest BCUT2D eigenvalue weighted by Crippen LogP contribution is 2.34. The first-order chi connectivity index (χ1) is 12.2. The molecule has 0 amide bonds. The average Bonchev–Trinajstić information content (AvgIpc) is 3.01. The van der Waals surface area contributed by atoms with Crippen LogP contribution in [0, 0.1) is 13.8 Å². The van der Waals surface area contributed by atoms with Crippen molar-refractivity contribution < 1.29 is 0 Å². The molecule has 0 saturated heterocycles. The second-order valence-corrected chi connectivity index (χ2v) is 7.10. The predicted octanol–water partition coefficient (Wildman–Crippen LogP) is 5.22. The van der Waals surface area contributed by atoms with Gasteiger partial charge in [0.1, 0.15) is 0 Å². The summed E-state index contributed by atoms with van der Waals surface area (Å²) < 4.78 is 0. The number of anilines is 1. The van der Waals surface area contributed by atoms with Gasteiger partial charge in [-0.2, -0.15) is 5.10 Å². The molecule has 0 bridgehead atoms. The van der Waals surface area contributed by atoms with Crippen molar-refractivity contribution in [3.8, 4) is 11.3 Å². The minimum absolute atomic E-state index is 0.819. The molecule has 0 aliphatic heterocycles. The summed E-state index contributed by atoms with van der Waals surface area (Å²) >= 11 is 1.68. The van der Waals surface area contributed by atoms with Gasteiger partial charge in [-0.15, -0.1) is 0 Å². The van der Waals surface area contributed by atoms with E-state index in [1.54, 1.807) is 29.9 Å². The van der Waals surface area contributed by atoms with E-state index in [2.05, 4.69) is 54.5 Å². The Morgan fingerprint density at radius 2 is 2.12 bits per heavy atom. The Morgan fingerprint density at radius 1 is 1.24 bits per heavy atom. The number of nitrogens with one attached hydrogen (secondary N) is 1. The number of aromatic nitrogens is 2. The van der Waals surface area contributed by atoms with E-state index >= 15 is 0 Å². The highest BCUT2D eigenvalue weighted by molar-refractivity contribution is 7.16. The third-order valence-electron chi connectivity index (χ3n) is 3.88. The summed E-state index contributed by atoms with van der Waals surface area (Å²) in [5.74, 6) is 0. The fourth-order valence-corrected chi connectivity index (χ4v) is 3.64. The van der Waals surface area contributed by atoms with Crippen molar-refractivity contribution >= 4 is 22.7 Å². The standard InChI is InChI=1S/C20H22N4S/c1-4-6-18-19(17-11-14(2)8-9-15(17)3)23-20(25-18)24-22-13-16-7-5-10-21-12-16/h5,7-13H,4,6H2,1-3H3,(H,23,24)/b22-13+. The number of thiazole rings is 1. The minimum atomic E-state index is 0.819. The molecule has 3 aromatic rings. The SMILES string of the molecule is CCCc1sc(N/N=C/c2cccnc2)nc1-c1cc(C)ccc1C. The molecule has 0 saturated carbocycles. The Labute approximate surface area is 152 Å². The summed E-state index contributed by atoms with van der Waals surface area (Å²) in [5, 5.41) is 5.11. The Bertz CT molecular complexity index is 869. The van der Waals surface area contributed by atoms with E-state index in [0.29, 0.717) is 0 Å². The molecule has 0 atom stereocenters. The molecule has 2 heterocycles. The lowest BCUT2D eigenvalue weighted by Gasteiger charge is -2.06. The average molecular weight is 350 g/mol. The zero-order valence-corrected chi connectivity index (χ0v) is 15.6. The van der Waals surface area contributed by atoms with Crippen molar-refractivity contribution in [2.24, 2.45) is 5.10 Å². The Kier molecular flexibility index (Phi) is 5.56. The van der Waals surface area contributed by atoms with Gasteiger partial charge >= 0.3 is 0 Å². The fourth-order valence-electron chi connectivity index (χ4n) is 2.61. The van der Waals surface area contributed by atoms with Gasteiger partial charge in [-0.3, -0.25) is 10.4 Å². The number of aryl methyl sites for hydroxylation is 3. The van der Waals surface area contributed by atoms with Gasteiger partial charge in [-0.25, -0.2) is 4.98 Å². The van der Waals surface area contributed by atoms with E-state index in [1.165, 1.54) is 21.6 Å². The molecular weight excluding hydrogens is 328 g/mol. The molecular formula is C20H22N4S. The van der Waals surface area contributed by atoms with Crippen molar-refractivity contribution in [2.75, 3.05) is 5.43 Å². The van der Waals surface area contributed by atoms with Crippen LogP contribution in [0.2, 0.25) is 0 Å². The molecule has 5 heteroatoms. The van der Waals surface area contributed by atoms with Crippen LogP contribution in [0.25, 0.3) is 11.3 Å². The summed E-state index contributed by atoms with van der Waals surface area (Å²) in [6.07, 6.45) is 7.40. The number of rotatable bonds is 6. The Balaban J connectivity index is 1.87. The highest BCUT2D eigenvalue weighted by atomic mass is 32.1. The molecule has 0 radical (unpaired) electrons. The molecule has 25 heavy (non-hydrogen) atoms. The molecule has 3 rings (SSSR count). The normalized spacial score (nSPS) is 11.2. The lowest BCUT2D eigenvalue weighted by molar-refractivity contribution is 0.938. The van der Waals surface area contributed by atoms with Gasteiger partial charge in [0.25, 0.3) is 0 Å². The predicted molar refractivity (Wildman–Crippen MR) is 106 cm³/mol. The van der Waals surface area contributed by atoms with Crippen LogP contribution in [0.4, 0.5) is 5.13 Å². The van der Waals surface area contributed by atoms with E-state index in [1.807, 2.05) is 12.1 Å². The van der Waals surface area contributed by atoms with Crippen LogP contribution in [-0.2, 0) is 6.42 Å². The van der Waals surface area contributed by atoms with Gasteiger partial charge in [0.05, 0.1) is 11.9 Å². The summed E-state index contributed by atoms with van der Waals surface area (Å²) in [7, 11) is 0. The maximum atomic E-state index is 4.81. The van der Waals surface area contributed by atoms with E-state index in [4.69, 9.17) is 4.98 Å². The monoisotopic (exact) mass is 350 g/mol. The second kappa shape index (κ2) is 8.03. The molecule has 1 N–H and O–H groups in total. The number of hydrogen-bond donors (Lipinski definition) is 1. The molecule has 0 spiro atoms. The fraction of sp³-hybridized carbons (Fsp3) is 0.250. The number of hydrazone groups is 1. The van der Waals surface area contributed by atoms with Gasteiger partial charge in [-0.1, -0.05) is 48.4 Å². The highest BCUT2D eigenvalue weighted by Gasteiger charge is 2.14. The quantitative estimate of drug-likeness (QED) is 0.490. The van der Waals surface area contributed by atoms with Crippen LogP contribution in [0.1, 0.15) is 34.9 Å². The number of benzene rings is 1. The largest absolute Gasteiger partial charge is 0.264 e. The van der Waals surface area contributed by atoms with E-state index in [-0.39, 0.29) is 0 Å². The molecule has 128 valence electrons. The molecule has 0 unspecified atom stereocenters.